The molecule has 3 heterocycles. The molecule has 0 aliphatic heterocycles. The maximum Gasteiger partial charge on any atom is 0.327 e. The molecule has 1 atom stereocenters. The normalized spacial score (nSPS) is 12.5. The number of thiol groups is 1. The van der Waals surface area contributed by atoms with E-state index in [4.69, 9.17) is 4.74 Å². The third-order valence-corrected chi connectivity index (χ3v) is 4.96. The molecule has 0 saturated carbocycles. The van der Waals surface area contributed by atoms with Crippen molar-refractivity contribution in [1.82, 2.24) is 24.4 Å². The number of pyridine rings is 1. The number of hydrogen-bond acceptors (Lipinski definition) is 7. The Labute approximate surface area is 170 Å². The molecule has 148 valence electrons. The average molecular weight is 411 g/mol. The number of carbonyl (C=O) groups is 1. The van der Waals surface area contributed by atoms with Gasteiger partial charge in [-0.1, -0.05) is 30.3 Å². The number of methoxy groups -OCH3 is 1. The first-order valence-electron chi connectivity index (χ1n) is 8.74. The highest BCUT2D eigenvalue weighted by atomic mass is 32.1. The van der Waals surface area contributed by atoms with Crippen molar-refractivity contribution in [2.45, 2.75) is 12.6 Å². The van der Waals surface area contributed by atoms with Crippen LogP contribution in [0.5, 0.6) is 0 Å². The van der Waals surface area contributed by atoms with Crippen LogP contribution in [0, 0.1) is 0 Å². The molecule has 1 N–H and O–H groups in total. The van der Waals surface area contributed by atoms with Crippen LogP contribution < -0.4 is 5.56 Å². The highest BCUT2D eigenvalue weighted by Crippen LogP contribution is 2.28. The molecule has 4 rings (SSSR count). The minimum atomic E-state index is -1.15. The van der Waals surface area contributed by atoms with Gasteiger partial charge in [-0.15, -0.1) is 10.2 Å². The van der Waals surface area contributed by atoms with Gasteiger partial charge in [0.05, 0.1) is 17.9 Å². The zero-order valence-electron chi connectivity index (χ0n) is 15.4. The van der Waals surface area contributed by atoms with Gasteiger partial charge in [0.2, 0.25) is 0 Å². The summed E-state index contributed by atoms with van der Waals surface area (Å²) in [6.07, 6.45) is 1.42. The fraction of sp³-hybridized carbons (Fsp3) is 0.211. The van der Waals surface area contributed by atoms with Crippen molar-refractivity contribution in [2.75, 3.05) is 12.9 Å². The lowest BCUT2D eigenvalue weighted by atomic mass is 10.1. The maximum absolute atomic E-state index is 12.9. The summed E-state index contributed by atoms with van der Waals surface area (Å²) in [7, 11) is 1.57. The summed E-state index contributed by atoms with van der Waals surface area (Å²) in [6.45, 7) is 0.257. The SMILES string of the molecule is COCc1nn2c(nnc3c(=O)n([C@H](CS)C(=O)O)ccc32)c1-c1ccccc1. The molecular weight excluding hydrogens is 394 g/mol. The van der Waals surface area contributed by atoms with E-state index in [9.17, 15) is 14.7 Å². The van der Waals surface area contributed by atoms with Crippen LogP contribution in [0.4, 0.5) is 0 Å². The Morgan fingerprint density at radius 1 is 1.24 bits per heavy atom. The number of ether oxygens (including phenoxy) is 1. The second kappa shape index (κ2) is 7.64. The Hall–Kier alpha value is -3.24. The van der Waals surface area contributed by atoms with Crippen LogP contribution in [0.25, 0.3) is 27.8 Å². The molecule has 29 heavy (non-hydrogen) atoms. The van der Waals surface area contributed by atoms with E-state index in [1.807, 2.05) is 30.3 Å². The van der Waals surface area contributed by atoms with E-state index in [2.05, 4.69) is 27.9 Å². The Morgan fingerprint density at radius 3 is 2.66 bits per heavy atom. The van der Waals surface area contributed by atoms with Crippen molar-refractivity contribution in [3.05, 3.63) is 58.6 Å². The summed E-state index contributed by atoms with van der Waals surface area (Å²) in [4.78, 5) is 24.3. The molecular formula is C19H17N5O4S. The number of fused-ring (bicyclic) bond motifs is 3. The van der Waals surface area contributed by atoms with Crippen LogP contribution >= 0.6 is 12.6 Å². The fourth-order valence-electron chi connectivity index (χ4n) is 3.27. The molecule has 1 aromatic carbocycles. The molecule has 0 saturated heterocycles. The van der Waals surface area contributed by atoms with Crippen molar-refractivity contribution in [2.24, 2.45) is 0 Å². The van der Waals surface area contributed by atoms with Gasteiger partial charge in [-0.25, -0.2) is 9.31 Å². The third-order valence-electron chi connectivity index (χ3n) is 4.62. The van der Waals surface area contributed by atoms with Crippen molar-refractivity contribution in [3.8, 4) is 11.1 Å². The predicted molar refractivity (Wildman–Crippen MR) is 109 cm³/mol. The van der Waals surface area contributed by atoms with Crippen LogP contribution in [0.2, 0.25) is 0 Å². The maximum atomic E-state index is 12.9. The first-order valence-corrected chi connectivity index (χ1v) is 9.37. The Balaban J connectivity index is 2.01. The van der Waals surface area contributed by atoms with Gasteiger partial charge < -0.3 is 9.84 Å². The highest BCUT2D eigenvalue weighted by molar-refractivity contribution is 7.80. The van der Waals surface area contributed by atoms with Crippen molar-refractivity contribution >= 4 is 35.3 Å². The van der Waals surface area contributed by atoms with Crippen LogP contribution in [0.15, 0.2) is 47.4 Å². The topological polar surface area (TPSA) is 112 Å². The van der Waals surface area contributed by atoms with E-state index in [1.54, 1.807) is 17.7 Å². The number of carboxylic acid groups (broad SMARTS) is 1. The van der Waals surface area contributed by atoms with E-state index in [0.29, 0.717) is 16.9 Å². The van der Waals surface area contributed by atoms with E-state index >= 15 is 0 Å². The Kier molecular flexibility index (Phi) is 5.03. The molecule has 4 aromatic rings. The van der Waals surface area contributed by atoms with Gasteiger partial charge in [0.15, 0.2) is 11.2 Å². The summed E-state index contributed by atoms with van der Waals surface area (Å²) in [5.41, 5.74) is 2.70. The number of aromatic nitrogens is 5. The molecule has 0 radical (unpaired) electrons. The smallest absolute Gasteiger partial charge is 0.327 e. The highest BCUT2D eigenvalue weighted by Gasteiger charge is 2.23. The van der Waals surface area contributed by atoms with Gasteiger partial charge in [-0.2, -0.15) is 17.7 Å². The van der Waals surface area contributed by atoms with Gasteiger partial charge in [0.25, 0.3) is 5.56 Å². The number of nitrogens with zero attached hydrogens (tertiary/aromatic N) is 5. The summed E-state index contributed by atoms with van der Waals surface area (Å²) < 4.78 is 7.92. The van der Waals surface area contributed by atoms with Gasteiger partial charge in [0.1, 0.15) is 11.6 Å². The van der Waals surface area contributed by atoms with Crippen LogP contribution in [-0.4, -0.2) is 48.3 Å². The van der Waals surface area contributed by atoms with E-state index in [1.165, 1.54) is 6.20 Å². The van der Waals surface area contributed by atoms with Crippen LogP contribution in [0.1, 0.15) is 11.7 Å². The van der Waals surface area contributed by atoms with Crippen LogP contribution in [-0.2, 0) is 16.1 Å². The molecule has 0 amide bonds. The number of hydrogen-bond donors (Lipinski definition) is 2. The van der Waals surface area contributed by atoms with Gasteiger partial charge >= 0.3 is 5.97 Å². The fourth-order valence-corrected chi connectivity index (χ4v) is 3.61. The van der Waals surface area contributed by atoms with E-state index in [-0.39, 0.29) is 17.9 Å². The third kappa shape index (κ3) is 3.15. The van der Waals surface area contributed by atoms with Gasteiger partial charge in [0, 0.05) is 19.1 Å². The second-order valence-corrected chi connectivity index (χ2v) is 6.72. The van der Waals surface area contributed by atoms with Crippen molar-refractivity contribution < 1.29 is 14.6 Å². The molecule has 0 fully saturated rings. The lowest BCUT2D eigenvalue weighted by Crippen LogP contribution is -2.31. The summed E-state index contributed by atoms with van der Waals surface area (Å²) >= 11 is 4.04. The van der Waals surface area contributed by atoms with E-state index < -0.39 is 17.6 Å². The molecule has 10 heteroatoms. The average Bonchev–Trinajstić information content (AvgIpc) is 3.09. The zero-order valence-corrected chi connectivity index (χ0v) is 16.3. The first-order chi connectivity index (χ1) is 14.1. The standard InChI is InChI=1S/C19H17N5O4S/c1-28-9-12-15(11-5-3-2-4-6-11)17-21-20-16-13(24(17)22-12)7-8-23(18(16)25)14(10-29)19(26)27/h2-8,14,29H,9-10H2,1H3,(H,26,27)/t14-/m1/s1. The zero-order chi connectivity index (χ0) is 20.5. The second-order valence-electron chi connectivity index (χ2n) is 6.35. The predicted octanol–water partition coefficient (Wildman–Crippen LogP) is 1.81. The van der Waals surface area contributed by atoms with Gasteiger partial charge in [-0.05, 0) is 11.6 Å². The largest absolute Gasteiger partial charge is 0.480 e. The number of carboxylic acids is 1. The molecule has 0 spiro atoms. The molecule has 0 aliphatic rings. The Bertz CT molecular complexity index is 1270. The first kappa shape index (κ1) is 19.1. The molecule has 0 unspecified atom stereocenters. The molecule has 0 aliphatic carbocycles. The van der Waals surface area contributed by atoms with Crippen molar-refractivity contribution in [3.63, 3.8) is 0 Å². The number of aliphatic carboxylic acids is 1. The number of rotatable bonds is 6. The summed E-state index contributed by atoms with van der Waals surface area (Å²) in [6, 6.07) is 10.1. The molecule has 9 nitrogen and oxygen atoms in total. The monoisotopic (exact) mass is 411 g/mol. The molecule has 0 bridgehead atoms. The van der Waals surface area contributed by atoms with Crippen LogP contribution in [0.3, 0.4) is 0 Å². The lowest BCUT2D eigenvalue weighted by Gasteiger charge is -2.13. The molecule has 3 aromatic heterocycles. The minimum absolute atomic E-state index is 0.0270. The van der Waals surface area contributed by atoms with E-state index in [0.717, 1.165) is 15.7 Å². The van der Waals surface area contributed by atoms with Gasteiger partial charge in [-0.3, -0.25) is 9.36 Å². The Morgan fingerprint density at radius 2 is 2.00 bits per heavy atom. The quantitative estimate of drug-likeness (QED) is 0.465. The minimum Gasteiger partial charge on any atom is -0.480 e. The summed E-state index contributed by atoms with van der Waals surface area (Å²) in [5, 5.41) is 22.3. The lowest BCUT2D eigenvalue weighted by molar-refractivity contribution is -0.140. The summed E-state index contributed by atoms with van der Waals surface area (Å²) in [5.74, 6) is -1.18. The number of benzene rings is 1. The van der Waals surface area contributed by atoms with Crippen molar-refractivity contribution in [1.29, 1.82) is 0 Å².